The average molecular weight is 344 g/mol. The largest absolute Gasteiger partial charge is 0.325 e. The van der Waals surface area contributed by atoms with Crippen molar-refractivity contribution >= 4 is 23.2 Å². The Labute approximate surface area is 145 Å². The number of aryl methyl sites for hydroxylation is 1. The summed E-state index contributed by atoms with van der Waals surface area (Å²) in [6, 6.07) is 9.10. The molecule has 7 heteroatoms. The summed E-state index contributed by atoms with van der Waals surface area (Å²) in [7, 11) is 1.92. The van der Waals surface area contributed by atoms with E-state index in [1.165, 1.54) is 0 Å². The van der Waals surface area contributed by atoms with E-state index >= 15 is 0 Å². The van der Waals surface area contributed by atoms with Gasteiger partial charge in [0.15, 0.2) is 0 Å². The molecular formula is C17H18ClN5O. The smallest absolute Gasteiger partial charge is 0.238 e. The molecular weight excluding hydrogens is 326 g/mol. The van der Waals surface area contributed by atoms with E-state index in [1.807, 2.05) is 23.9 Å². The molecule has 0 aliphatic carbocycles. The van der Waals surface area contributed by atoms with Gasteiger partial charge in [0, 0.05) is 18.9 Å². The molecule has 0 bridgehead atoms. The van der Waals surface area contributed by atoms with Crippen LogP contribution in [-0.4, -0.2) is 33.7 Å². The first-order valence-corrected chi connectivity index (χ1v) is 8.17. The van der Waals surface area contributed by atoms with Crippen LogP contribution in [0.25, 0.3) is 0 Å². The van der Waals surface area contributed by atoms with E-state index in [9.17, 15) is 4.79 Å². The zero-order chi connectivity index (χ0) is 17.1. The third-order valence-corrected chi connectivity index (χ3v) is 4.60. The Hall–Kier alpha value is -2.36. The lowest BCUT2D eigenvalue weighted by Crippen LogP contribution is -2.33. The molecule has 1 unspecified atom stereocenters. The van der Waals surface area contributed by atoms with Gasteiger partial charge in [0.05, 0.1) is 28.9 Å². The Balaban J connectivity index is 1.65. The predicted octanol–water partition coefficient (Wildman–Crippen LogP) is 2.72. The van der Waals surface area contributed by atoms with E-state index in [4.69, 9.17) is 16.9 Å². The van der Waals surface area contributed by atoms with Crippen LogP contribution < -0.4 is 5.32 Å². The van der Waals surface area contributed by atoms with Gasteiger partial charge >= 0.3 is 0 Å². The fraction of sp³-hybridized carbons (Fsp3) is 0.353. The van der Waals surface area contributed by atoms with E-state index < -0.39 is 0 Å². The number of benzene rings is 1. The molecule has 1 fully saturated rings. The zero-order valence-corrected chi connectivity index (χ0v) is 14.1. The molecule has 1 atom stereocenters. The van der Waals surface area contributed by atoms with Crippen LogP contribution in [0.3, 0.4) is 0 Å². The second-order valence-electron chi connectivity index (χ2n) is 5.86. The maximum absolute atomic E-state index is 12.4. The number of nitrogens with one attached hydrogen (secondary N) is 1. The molecule has 6 nitrogen and oxygen atoms in total. The maximum atomic E-state index is 12.4. The number of rotatable bonds is 4. The van der Waals surface area contributed by atoms with Gasteiger partial charge in [-0.3, -0.25) is 14.4 Å². The van der Waals surface area contributed by atoms with Crippen molar-refractivity contribution in [2.24, 2.45) is 7.05 Å². The van der Waals surface area contributed by atoms with Crippen LogP contribution in [0.5, 0.6) is 0 Å². The third kappa shape index (κ3) is 3.42. The van der Waals surface area contributed by atoms with Gasteiger partial charge in [-0.2, -0.15) is 10.4 Å². The van der Waals surface area contributed by atoms with E-state index in [2.05, 4.69) is 15.3 Å². The highest BCUT2D eigenvalue weighted by atomic mass is 35.5. The van der Waals surface area contributed by atoms with Crippen molar-refractivity contribution < 1.29 is 4.79 Å². The minimum atomic E-state index is -0.0927. The lowest BCUT2D eigenvalue weighted by atomic mass is 10.1. The van der Waals surface area contributed by atoms with Crippen LogP contribution >= 0.6 is 11.6 Å². The number of amides is 1. The van der Waals surface area contributed by atoms with Crippen molar-refractivity contribution in [1.82, 2.24) is 14.7 Å². The number of anilines is 1. The number of nitrogens with zero attached hydrogens (tertiary/aromatic N) is 4. The van der Waals surface area contributed by atoms with Crippen molar-refractivity contribution in [2.45, 2.75) is 18.9 Å². The Bertz CT molecular complexity index is 795. The number of aromatic nitrogens is 2. The number of carbonyl (C=O) groups is 1. The quantitative estimate of drug-likeness (QED) is 0.926. The Morgan fingerprint density at radius 2 is 2.33 bits per heavy atom. The number of hydrogen-bond donors (Lipinski definition) is 1. The zero-order valence-electron chi connectivity index (χ0n) is 13.4. The SMILES string of the molecule is Cn1nccc1C1CCCN1CC(=O)Nc1ccc(C#N)c(Cl)c1. The van der Waals surface area contributed by atoms with Crippen LogP contribution in [0, 0.1) is 11.3 Å². The number of hydrogen-bond acceptors (Lipinski definition) is 4. The topological polar surface area (TPSA) is 74.0 Å². The standard InChI is InChI=1S/C17H18ClN5O/c1-22-15(6-7-20-22)16-3-2-8-23(16)11-17(24)21-13-5-4-12(10-19)14(18)9-13/h4-7,9,16H,2-3,8,11H2,1H3,(H,21,24). The minimum absolute atomic E-state index is 0.0927. The summed E-state index contributed by atoms with van der Waals surface area (Å²) in [6.07, 6.45) is 3.87. The molecule has 0 saturated carbocycles. The average Bonchev–Trinajstić information content (AvgIpc) is 3.16. The summed E-state index contributed by atoms with van der Waals surface area (Å²) < 4.78 is 1.86. The van der Waals surface area contributed by atoms with Gasteiger partial charge in [0.1, 0.15) is 6.07 Å². The van der Waals surface area contributed by atoms with Crippen LogP contribution in [0.15, 0.2) is 30.5 Å². The Morgan fingerprint density at radius 1 is 1.50 bits per heavy atom. The molecule has 124 valence electrons. The molecule has 1 amide bonds. The summed E-state index contributed by atoms with van der Waals surface area (Å²) >= 11 is 6.00. The highest BCUT2D eigenvalue weighted by molar-refractivity contribution is 6.32. The summed E-state index contributed by atoms with van der Waals surface area (Å²) in [5, 5.41) is 16.3. The van der Waals surface area contributed by atoms with Crippen molar-refractivity contribution in [3.05, 3.63) is 46.7 Å². The highest BCUT2D eigenvalue weighted by Gasteiger charge is 2.29. The number of nitriles is 1. The van der Waals surface area contributed by atoms with Gasteiger partial charge in [-0.05, 0) is 43.7 Å². The first-order valence-electron chi connectivity index (χ1n) is 7.80. The fourth-order valence-electron chi connectivity index (χ4n) is 3.13. The number of halogens is 1. The monoisotopic (exact) mass is 343 g/mol. The molecule has 24 heavy (non-hydrogen) atoms. The molecule has 1 aliphatic heterocycles. The number of likely N-dealkylation sites (tertiary alicyclic amines) is 1. The molecule has 1 aromatic carbocycles. The van der Waals surface area contributed by atoms with Crippen molar-refractivity contribution in [3.8, 4) is 6.07 Å². The van der Waals surface area contributed by atoms with Crippen LogP contribution in [0.2, 0.25) is 5.02 Å². The van der Waals surface area contributed by atoms with Gasteiger partial charge in [0.25, 0.3) is 0 Å². The van der Waals surface area contributed by atoms with E-state index in [0.29, 0.717) is 22.8 Å². The van der Waals surface area contributed by atoms with Gasteiger partial charge < -0.3 is 5.32 Å². The lowest BCUT2D eigenvalue weighted by Gasteiger charge is -2.24. The predicted molar refractivity (Wildman–Crippen MR) is 91.6 cm³/mol. The first-order chi connectivity index (χ1) is 11.6. The Kier molecular flexibility index (Phi) is 4.84. The van der Waals surface area contributed by atoms with Gasteiger partial charge in [0.2, 0.25) is 5.91 Å². The second kappa shape index (κ2) is 7.04. The molecule has 1 aliphatic rings. The molecule has 1 aromatic heterocycles. The second-order valence-corrected chi connectivity index (χ2v) is 6.27. The van der Waals surface area contributed by atoms with Crippen molar-refractivity contribution in [2.75, 3.05) is 18.4 Å². The first kappa shape index (κ1) is 16.5. The molecule has 0 spiro atoms. The van der Waals surface area contributed by atoms with Crippen LogP contribution in [-0.2, 0) is 11.8 Å². The van der Waals surface area contributed by atoms with Crippen LogP contribution in [0.1, 0.15) is 30.1 Å². The minimum Gasteiger partial charge on any atom is -0.325 e. The molecule has 1 N–H and O–H groups in total. The van der Waals surface area contributed by atoms with Crippen molar-refractivity contribution in [1.29, 1.82) is 5.26 Å². The summed E-state index contributed by atoms with van der Waals surface area (Å²) in [4.78, 5) is 14.5. The molecule has 2 aromatic rings. The lowest BCUT2D eigenvalue weighted by molar-refractivity contribution is -0.117. The van der Waals surface area contributed by atoms with Crippen LogP contribution in [0.4, 0.5) is 5.69 Å². The summed E-state index contributed by atoms with van der Waals surface area (Å²) in [5.41, 5.74) is 2.12. The molecule has 2 heterocycles. The molecule has 3 rings (SSSR count). The fourth-order valence-corrected chi connectivity index (χ4v) is 3.35. The van der Waals surface area contributed by atoms with Gasteiger partial charge in [-0.25, -0.2) is 0 Å². The third-order valence-electron chi connectivity index (χ3n) is 4.28. The number of carbonyl (C=O) groups excluding carboxylic acids is 1. The maximum Gasteiger partial charge on any atom is 0.238 e. The normalized spacial score (nSPS) is 17.6. The van der Waals surface area contributed by atoms with Crippen molar-refractivity contribution in [3.63, 3.8) is 0 Å². The Morgan fingerprint density at radius 3 is 3.00 bits per heavy atom. The molecule has 1 saturated heterocycles. The summed E-state index contributed by atoms with van der Waals surface area (Å²) in [6.45, 7) is 1.20. The van der Waals surface area contributed by atoms with E-state index in [0.717, 1.165) is 25.1 Å². The molecule has 0 radical (unpaired) electrons. The van der Waals surface area contributed by atoms with Gasteiger partial charge in [-0.1, -0.05) is 11.6 Å². The summed E-state index contributed by atoms with van der Waals surface area (Å²) in [5.74, 6) is -0.0927. The van der Waals surface area contributed by atoms with Gasteiger partial charge in [-0.15, -0.1) is 0 Å². The van der Waals surface area contributed by atoms with E-state index in [1.54, 1.807) is 24.4 Å². The van der Waals surface area contributed by atoms with E-state index in [-0.39, 0.29) is 11.9 Å². The highest BCUT2D eigenvalue weighted by Crippen LogP contribution is 2.31.